The van der Waals surface area contributed by atoms with Crippen molar-refractivity contribution in [3.8, 4) is 11.5 Å². The number of aryl methyl sites for hydroxylation is 2. The Morgan fingerprint density at radius 2 is 2.06 bits per heavy atom. The smallest absolute Gasteiger partial charge is 0.256 e. The molecule has 1 fully saturated rings. The Kier molecular flexibility index (Phi) is 4.84. The molecule has 0 radical (unpaired) electrons. The first-order valence-electron chi connectivity index (χ1n) is 10.6. The van der Waals surface area contributed by atoms with Gasteiger partial charge in [-0.15, -0.1) is 0 Å². The SMILES string of the molecule is CNC(=O)c1c(C)oc2cc(Oc3ccnn4cc(C(=O)N5C[C@@H](F)[C@H]5C)c(C)c34)ccc12. The van der Waals surface area contributed by atoms with Gasteiger partial charge in [0.15, 0.2) is 5.75 Å². The number of carbonyl (C=O) groups excluding carboxylic acids is 2. The van der Waals surface area contributed by atoms with Crippen LogP contribution in [0.2, 0.25) is 0 Å². The van der Waals surface area contributed by atoms with E-state index in [1.807, 2.05) is 6.92 Å². The van der Waals surface area contributed by atoms with Crippen molar-refractivity contribution in [3.05, 3.63) is 59.1 Å². The summed E-state index contributed by atoms with van der Waals surface area (Å²) in [6.07, 6.45) is 2.24. The lowest BCUT2D eigenvalue weighted by Crippen LogP contribution is -2.58. The number of benzene rings is 1. The van der Waals surface area contributed by atoms with E-state index in [-0.39, 0.29) is 18.4 Å². The summed E-state index contributed by atoms with van der Waals surface area (Å²) < 4.78 is 27.1. The monoisotopic (exact) mass is 450 g/mol. The number of hydrogen-bond acceptors (Lipinski definition) is 5. The number of fused-ring (bicyclic) bond motifs is 2. The Morgan fingerprint density at radius 3 is 2.76 bits per heavy atom. The van der Waals surface area contributed by atoms with Crippen molar-refractivity contribution < 1.29 is 23.1 Å². The number of rotatable bonds is 4. The number of likely N-dealkylation sites (tertiary alicyclic amines) is 1. The van der Waals surface area contributed by atoms with Gasteiger partial charge in [0, 0.05) is 30.8 Å². The van der Waals surface area contributed by atoms with Crippen molar-refractivity contribution in [2.45, 2.75) is 33.0 Å². The second-order valence-electron chi connectivity index (χ2n) is 8.24. The maximum atomic E-state index is 13.6. The Hall–Kier alpha value is -3.88. The standard InChI is InChI=1S/C24H23FN4O4/c1-12-17(24(31)28-11-18(25)13(28)2)10-29-22(12)19(7-8-27-29)33-15-5-6-16-20(9-15)32-14(3)21(16)23(30)26-4/h5-10,13,18H,11H2,1-4H3,(H,26,30)/t13-,18-/m1/s1. The molecule has 1 saturated heterocycles. The molecule has 33 heavy (non-hydrogen) atoms. The van der Waals surface area contributed by atoms with Crippen LogP contribution >= 0.6 is 0 Å². The summed E-state index contributed by atoms with van der Waals surface area (Å²) in [5.41, 5.74) is 2.84. The fraction of sp³-hybridized carbons (Fsp3) is 0.292. The zero-order valence-electron chi connectivity index (χ0n) is 18.7. The van der Waals surface area contributed by atoms with Gasteiger partial charge in [-0.1, -0.05) is 0 Å². The average Bonchev–Trinajstić information content (AvgIpc) is 3.32. The van der Waals surface area contributed by atoms with Crippen LogP contribution in [0.3, 0.4) is 0 Å². The number of nitrogens with zero attached hydrogens (tertiary/aromatic N) is 3. The van der Waals surface area contributed by atoms with E-state index in [2.05, 4.69) is 10.4 Å². The highest BCUT2D eigenvalue weighted by molar-refractivity contribution is 6.07. The minimum atomic E-state index is -0.993. The molecule has 4 heterocycles. The zero-order valence-corrected chi connectivity index (χ0v) is 18.7. The van der Waals surface area contributed by atoms with Crippen LogP contribution in [0.4, 0.5) is 4.39 Å². The van der Waals surface area contributed by atoms with E-state index in [0.717, 1.165) is 0 Å². The van der Waals surface area contributed by atoms with Gasteiger partial charge in [-0.2, -0.15) is 5.10 Å². The highest BCUT2D eigenvalue weighted by Gasteiger charge is 2.40. The zero-order chi connectivity index (χ0) is 23.4. The van der Waals surface area contributed by atoms with E-state index in [4.69, 9.17) is 9.15 Å². The lowest BCUT2D eigenvalue weighted by Gasteiger charge is -2.41. The molecule has 1 aliphatic rings. The number of carbonyl (C=O) groups is 2. The molecular weight excluding hydrogens is 427 g/mol. The van der Waals surface area contributed by atoms with Crippen molar-refractivity contribution in [1.29, 1.82) is 0 Å². The summed E-state index contributed by atoms with van der Waals surface area (Å²) in [5.74, 6) is 1.11. The molecule has 4 aromatic rings. The topological polar surface area (TPSA) is 89.1 Å². The minimum absolute atomic E-state index is 0.100. The van der Waals surface area contributed by atoms with Gasteiger partial charge in [0.1, 0.15) is 28.8 Å². The van der Waals surface area contributed by atoms with Crippen LogP contribution < -0.4 is 10.1 Å². The summed E-state index contributed by atoms with van der Waals surface area (Å²) >= 11 is 0. The second kappa shape index (κ2) is 7.61. The molecule has 1 N–H and O–H groups in total. The largest absolute Gasteiger partial charge is 0.460 e. The van der Waals surface area contributed by atoms with Crippen LogP contribution in [0, 0.1) is 13.8 Å². The molecule has 0 spiro atoms. The fourth-order valence-corrected chi connectivity index (χ4v) is 4.31. The number of alkyl halides is 1. The predicted octanol–water partition coefficient (Wildman–Crippen LogP) is 4.03. The Balaban J connectivity index is 1.51. The normalized spacial score (nSPS) is 17.9. The third-order valence-corrected chi connectivity index (χ3v) is 6.29. The van der Waals surface area contributed by atoms with E-state index >= 15 is 0 Å². The number of hydrogen-bond donors (Lipinski definition) is 1. The second-order valence-corrected chi connectivity index (χ2v) is 8.24. The third kappa shape index (κ3) is 3.23. The lowest BCUT2D eigenvalue weighted by molar-refractivity contribution is 0.00637. The molecule has 1 aromatic carbocycles. The van der Waals surface area contributed by atoms with Crippen LogP contribution in [-0.2, 0) is 0 Å². The average molecular weight is 450 g/mol. The van der Waals surface area contributed by atoms with Crippen molar-refractivity contribution in [1.82, 2.24) is 19.8 Å². The molecule has 5 rings (SSSR count). The van der Waals surface area contributed by atoms with E-state index in [1.165, 1.54) is 4.90 Å². The third-order valence-electron chi connectivity index (χ3n) is 6.29. The van der Waals surface area contributed by atoms with Gasteiger partial charge in [0.25, 0.3) is 11.8 Å². The highest BCUT2D eigenvalue weighted by atomic mass is 19.1. The molecule has 0 bridgehead atoms. The fourth-order valence-electron chi connectivity index (χ4n) is 4.31. The summed E-state index contributed by atoms with van der Waals surface area (Å²) in [7, 11) is 1.57. The number of nitrogens with one attached hydrogen (secondary N) is 1. The molecule has 8 nitrogen and oxygen atoms in total. The molecule has 2 amide bonds. The van der Waals surface area contributed by atoms with E-state index in [0.29, 0.717) is 50.4 Å². The maximum absolute atomic E-state index is 13.6. The van der Waals surface area contributed by atoms with Crippen LogP contribution in [0.1, 0.15) is 39.0 Å². The maximum Gasteiger partial charge on any atom is 0.256 e. The van der Waals surface area contributed by atoms with E-state index in [9.17, 15) is 14.0 Å². The Bertz CT molecular complexity index is 1420. The number of ether oxygens (including phenoxy) is 1. The van der Waals surface area contributed by atoms with Gasteiger partial charge in [0.2, 0.25) is 0 Å². The molecule has 2 atom stereocenters. The van der Waals surface area contributed by atoms with E-state index in [1.54, 1.807) is 62.1 Å². The van der Waals surface area contributed by atoms with E-state index < -0.39 is 12.2 Å². The summed E-state index contributed by atoms with van der Waals surface area (Å²) in [6.45, 7) is 5.36. The van der Waals surface area contributed by atoms with Crippen molar-refractivity contribution in [2.24, 2.45) is 0 Å². The quantitative estimate of drug-likeness (QED) is 0.507. The van der Waals surface area contributed by atoms with Crippen LogP contribution in [-0.4, -0.2) is 52.1 Å². The minimum Gasteiger partial charge on any atom is -0.460 e. The van der Waals surface area contributed by atoms with Crippen LogP contribution in [0.15, 0.2) is 41.1 Å². The first kappa shape index (κ1) is 21.0. The number of aromatic nitrogens is 2. The Morgan fingerprint density at radius 1 is 1.27 bits per heavy atom. The van der Waals surface area contributed by atoms with Gasteiger partial charge in [-0.25, -0.2) is 8.91 Å². The lowest BCUT2D eigenvalue weighted by atomic mass is 10.0. The van der Waals surface area contributed by atoms with Crippen molar-refractivity contribution in [3.63, 3.8) is 0 Å². The molecule has 0 saturated carbocycles. The first-order chi connectivity index (χ1) is 15.8. The molecule has 1 aliphatic heterocycles. The van der Waals surface area contributed by atoms with Crippen LogP contribution in [0.5, 0.6) is 11.5 Å². The van der Waals surface area contributed by atoms with Crippen molar-refractivity contribution >= 4 is 28.3 Å². The number of furan rings is 1. The molecule has 0 unspecified atom stereocenters. The van der Waals surface area contributed by atoms with Crippen molar-refractivity contribution in [2.75, 3.05) is 13.6 Å². The predicted molar refractivity (Wildman–Crippen MR) is 120 cm³/mol. The van der Waals surface area contributed by atoms with Gasteiger partial charge in [-0.3, -0.25) is 9.59 Å². The van der Waals surface area contributed by atoms with Crippen LogP contribution in [0.25, 0.3) is 16.5 Å². The molecule has 170 valence electrons. The number of amides is 2. The van der Waals surface area contributed by atoms with Gasteiger partial charge in [-0.05, 0) is 38.5 Å². The summed E-state index contributed by atoms with van der Waals surface area (Å²) in [6, 6.07) is 6.54. The Labute approximate surface area is 188 Å². The van der Waals surface area contributed by atoms with Gasteiger partial charge < -0.3 is 19.4 Å². The molecule has 9 heteroatoms. The highest BCUT2D eigenvalue weighted by Crippen LogP contribution is 2.35. The first-order valence-corrected chi connectivity index (χ1v) is 10.6. The summed E-state index contributed by atoms with van der Waals surface area (Å²) in [4.78, 5) is 26.6. The number of halogens is 1. The van der Waals surface area contributed by atoms with Gasteiger partial charge in [0.05, 0.1) is 29.9 Å². The molecular formula is C24H23FN4O4. The molecule has 0 aliphatic carbocycles. The molecule has 3 aromatic heterocycles. The summed E-state index contributed by atoms with van der Waals surface area (Å²) in [5, 5.41) is 7.62. The van der Waals surface area contributed by atoms with Gasteiger partial charge >= 0.3 is 0 Å².